The third kappa shape index (κ3) is 3.14. The Kier molecular flexibility index (Phi) is 4.54. The molecule has 0 atom stereocenters. The van der Waals surface area contributed by atoms with Gasteiger partial charge in [0.25, 0.3) is 5.91 Å². The van der Waals surface area contributed by atoms with Crippen LogP contribution in [0.25, 0.3) is 11.3 Å². The van der Waals surface area contributed by atoms with E-state index in [1.807, 2.05) is 38.1 Å². The van der Waals surface area contributed by atoms with Gasteiger partial charge in [-0.25, -0.2) is 9.97 Å². The Balaban J connectivity index is 1.47. The Bertz CT molecular complexity index is 1140. The molecule has 0 fully saturated rings. The smallest absolute Gasteiger partial charge is 0.268 e. The zero-order chi connectivity index (χ0) is 20.7. The summed E-state index contributed by atoms with van der Waals surface area (Å²) in [6.45, 7) is 6.70. The van der Waals surface area contributed by atoms with E-state index in [1.165, 1.54) is 0 Å². The van der Waals surface area contributed by atoms with E-state index in [2.05, 4.69) is 20.2 Å². The molecule has 0 aliphatic carbocycles. The van der Waals surface area contributed by atoms with Crippen molar-refractivity contribution in [2.75, 3.05) is 25.1 Å². The standard InChI is InChI=1S/C22H23N5O3/c1-13-19(14(2)27-9-8-23-21(28)20(13)27)16-6-7-24-22(26-16)25-15-4-5-17-18(12-15)30-11-3-10-29-17/h4-7,12H,3,8-11H2,1-2H3,(H,23,28)(H,24,25,26). The molecule has 2 aromatic heterocycles. The highest BCUT2D eigenvalue weighted by atomic mass is 16.5. The normalized spacial score (nSPS) is 15.2. The number of carbonyl (C=O) groups is 1. The lowest BCUT2D eigenvalue weighted by Crippen LogP contribution is -2.35. The summed E-state index contributed by atoms with van der Waals surface area (Å²) in [4.78, 5) is 21.4. The quantitative estimate of drug-likeness (QED) is 0.695. The van der Waals surface area contributed by atoms with Crippen molar-refractivity contribution in [3.05, 3.63) is 47.4 Å². The number of rotatable bonds is 3. The third-order valence-electron chi connectivity index (χ3n) is 5.52. The first-order valence-corrected chi connectivity index (χ1v) is 10.1. The molecule has 3 aromatic rings. The summed E-state index contributed by atoms with van der Waals surface area (Å²) in [5.41, 5.74) is 5.27. The SMILES string of the molecule is Cc1c(-c2ccnc(Nc3ccc4c(c3)OCCCO4)n2)c(C)n2c1C(=O)NCC2. The topological polar surface area (TPSA) is 90.3 Å². The van der Waals surface area contributed by atoms with Gasteiger partial charge in [0.1, 0.15) is 5.69 Å². The van der Waals surface area contributed by atoms with Gasteiger partial charge >= 0.3 is 0 Å². The Morgan fingerprint density at radius 2 is 1.97 bits per heavy atom. The molecule has 2 aliphatic heterocycles. The predicted molar refractivity (Wildman–Crippen MR) is 113 cm³/mol. The second-order valence-electron chi connectivity index (χ2n) is 7.44. The lowest BCUT2D eigenvalue weighted by atomic mass is 10.1. The van der Waals surface area contributed by atoms with E-state index in [4.69, 9.17) is 14.5 Å². The lowest BCUT2D eigenvalue weighted by molar-refractivity contribution is 0.0926. The number of hydrogen-bond donors (Lipinski definition) is 2. The van der Waals surface area contributed by atoms with Crippen molar-refractivity contribution in [1.29, 1.82) is 0 Å². The molecule has 5 rings (SSSR count). The van der Waals surface area contributed by atoms with Gasteiger partial charge in [-0.3, -0.25) is 4.79 Å². The Morgan fingerprint density at radius 1 is 1.13 bits per heavy atom. The van der Waals surface area contributed by atoms with Crippen LogP contribution in [0.5, 0.6) is 11.5 Å². The van der Waals surface area contributed by atoms with Crippen molar-refractivity contribution in [2.45, 2.75) is 26.8 Å². The fourth-order valence-electron chi connectivity index (χ4n) is 4.14. The molecule has 0 radical (unpaired) electrons. The van der Waals surface area contributed by atoms with Crippen LogP contribution in [0.3, 0.4) is 0 Å². The molecule has 1 amide bonds. The minimum absolute atomic E-state index is 0.0345. The van der Waals surface area contributed by atoms with E-state index >= 15 is 0 Å². The summed E-state index contributed by atoms with van der Waals surface area (Å²) in [7, 11) is 0. The van der Waals surface area contributed by atoms with Gasteiger partial charge in [-0.1, -0.05) is 0 Å². The number of aromatic nitrogens is 3. The Labute approximate surface area is 174 Å². The van der Waals surface area contributed by atoms with Crippen LogP contribution in [-0.4, -0.2) is 40.2 Å². The molecule has 30 heavy (non-hydrogen) atoms. The number of fused-ring (bicyclic) bond motifs is 2. The van der Waals surface area contributed by atoms with Gasteiger partial charge < -0.3 is 24.7 Å². The minimum atomic E-state index is -0.0345. The molecule has 0 saturated carbocycles. The van der Waals surface area contributed by atoms with Crippen LogP contribution in [0.1, 0.15) is 28.2 Å². The van der Waals surface area contributed by atoms with Crippen LogP contribution in [0, 0.1) is 13.8 Å². The summed E-state index contributed by atoms with van der Waals surface area (Å²) in [5.74, 6) is 1.91. The number of nitrogens with zero attached hydrogens (tertiary/aromatic N) is 3. The largest absolute Gasteiger partial charge is 0.490 e. The number of anilines is 2. The maximum Gasteiger partial charge on any atom is 0.268 e. The highest BCUT2D eigenvalue weighted by Crippen LogP contribution is 2.34. The van der Waals surface area contributed by atoms with Crippen LogP contribution in [0.4, 0.5) is 11.6 Å². The van der Waals surface area contributed by atoms with E-state index < -0.39 is 0 Å². The van der Waals surface area contributed by atoms with E-state index in [1.54, 1.807) is 6.20 Å². The van der Waals surface area contributed by atoms with Gasteiger partial charge in [0.15, 0.2) is 11.5 Å². The van der Waals surface area contributed by atoms with Crippen molar-refractivity contribution in [2.24, 2.45) is 0 Å². The van der Waals surface area contributed by atoms with Gasteiger partial charge in [0.2, 0.25) is 5.95 Å². The average Bonchev–Trinajstić information content (AvgIpc) is 2.88. The van der Waals surface area contributed by atoms with E-state index in [0.29, 0.717) is 37.2 Å². The van der Waals surface area contributed by atoms with Gasteiger partial charge in [0, 0.05) is 48.7 Å². The molecule has 8 heteroatoms. The first kappa shape index (κ1) is 18.5. The molecule has 1 aromatic carbocycles. The molecule has 0 bridgehead atoms. The number of benzene rings is 1. The summed E-state index contributed by atoms with van der Waals surface area (Å²) < 4.78 is 13.5. The van der Waals surface area contributed by atoms with Crippen LogP contribution < -0.4 is 20.1 Å². The summed E-state index contributed by atoms with van der Waals surface area (Å²) in [6.07, 6.45) is 2.59. The van der Waals surface area contributed by atoms with Gasteiger partial charge in [-0.05, 0) is 37.6 Å². The van der Waals surface area contributed by atoms with E-state index in [9.17, 15) is 4.79 Å². The van der Waals surface area contributed by atoms with Crippen molar-refractivity contribution in [3.63, 3.8) is 0 Å². The molecule has 8 nitrogen and oxygen atoms in total. The molecule has 0 spiro atoms. The van der Waals surface area contributed by atoms with Crippen LogP contribution in [0.15, 0.2) is 30.5 Å². The summed E-state index contributed by atoms with van der Waals surface area (Å²) >= 11 is 0. The molecule has 4 heterocycles. The van der Waals surface area contributed by atoms with Gasteiger partial charge in [0.05, 0.1) is 18.9 Å². The predicted octanol–water partition coefficient (Wildman–Crippen LogP) is 3.21. The first-order chi connectivity index (χ1) is 14.6. The third-order valence-corrected chi connectivity index (χ3v) is 5.52. The second-order valence-corrected chi connectivity index (χ2v) is 7.44. The van der Waals surface area contributed by atoms with E-state index in [0.717, 1.165) is 46.9 Å². The Morgan fingerprint density at radius 3 is 2.80 bits per heavy atom. The number of carbonyl (C=O) groups excluding carboxylic acids is 1. The summed E-state index contributed by atoms with van der Waals surface area (Å²) in [6, 6.07) is 7.58. The van der Waals surface area contributed by atoms with E-state index in [-0.39, 0.29) is 5.91 Å². The van der Waals surface area contributed by atoms with Crippen LogP contribution in [-0.2, 0) is 6.54 Å². The van der Waals surface area contributed by atoms with Crippen molar-refractivity contribution < 1.29 is 14.3 Å². The number of hydrogen-bond acceptors (Lipinski definition) is 6. The molecule has 2 N–H and O–H groups in total. The highest BCUT2D eigenvalue weighted by molar-refractivity contribution is 5.97. The highest BCUT2D eigenvalue weighted by Gasteiger charge is 2.26. The average molecular weight is 405 g/mol. The minimum Gasteiger partial charge on any atom is -0.490 e. The zero-order valence-corrected chi connectivity index (χ0v) is 17.0. The monoisotopic (exact) mass is 405 g/mol. The van der Waals surface area contributed by atoms with Gasteiger partial charge in [-0.2, -0.15) is 0 Å². The maximum atomic E-state index is 12.4. The van der Waals surface area contributed by atoms with Crippen LogP contribution >= 0.6 is 0 Å². The second kappa shape index (κ2) is 7.37. The zero-order valence-electron chi connectivity index (χ0n) is 17.0. The molecular weight excluding hydrogens is 382 g/mol. The van der Waals surface area contributed by atoms with Crippen molar-refractivity contribution >= 4 is 17.5 Å². The fourth-order valence-corrected chi connectivity index (χ4v) is 4.14. The first-order valence-electron chi connectivity index (χ1n) is 10.1. The molecule has 0 unspecified atom stereocenters. The number of nitrogens with one attached hydrogen (secondary N) is 2. The number of amides is 1. The lowest BCUT2D eigenvalue weighted by Gasteiger charge is -2.17. The molecular formula is C22H23N5O3. The molecule has 0 saturated heterocycles. The maximum absolute atomic E-state index is 12.4. The van der Waals surface area contributed by atoms with Crippen molar-refractivity contribution in [1.82, 2.24) is 19.9 Å². The molecule has 154 valence electrons. The number of ether oxygens (including phenoxy) is 2. The summed E-state index contributed by atoms with van der Waals surface area (Å²) in [5, 5.41) is 6.17. The van der Waals surface area contributed by atoms with Gasteiger partial charge in [-0.15, -0.1) is 0 Å². The fraction of sp³-hybridized carbons (Fsp3) is 0.318. The Hall–Kier alpha value is -3.55. The van der Waals surface area contributed by atoms with Crippen molar-refractivity contribution in [3.8, 4) is 22.8 Å². The van der Waals surface area contributed by atoms with Crippen LogP contribution in [0.2, 0.25) is 0 Å². The molecule has 2 aliphatic rings.